The first kappa shape index (κ1) is 14.8. The molecule has 110 valence electrons. The fraction of sp³-hybridized carbons (Fsp3) is 0.188. The number of hydrogen-bond donors (Lipinski definition) is 1. The van der Waals surface area contributed by atoms with E-state index >= 15 is 0 Å². The van der Waals surface area contributed by atoms with Crippen LogP contribution in [0.2, 0.25) is 0 Å². The van der Waals surface area contributed by atoms with E-state index < -0.39 is 5.82 Å². The molecule has 2 aromatic rings. The molecular formula is C16H17FN2O2. The lowest BCUT2D eigenvalue weighted by Crippen LogP contribution is -2.21. The number of ether oxygens (including phenoxy) is 1. The van der Waals surface area contributed by atoms with E-state index in [0.29, 0.717) is 22.7 Å². The zero-order valence-electron chi connectivity index (χ0n) is 12.2. The lowest BCUT2D eigenvalue weighted by atomic mass is 10.1. The average molecular weight is 288 g/mol. The van der Waals surface area contributed by atoms with Crippen molar-refractivity contribution in [2.45, 2.75) is 6.92 Å². The van der Waals surface area contributed by atoms with Gasteiger partial charge in [0.1, 0.15) is 11.6 Å². The van der Waals surface area contributed by atoms with E-state index in [2.05, 4.69) is 0 Å². The number of anilines is 1. The van der Waals surface area contributed by atoms with E-state index in [1.54, 1.807) is 45.3 Å². The molecule has 2 aromatic carbocycles. The molecular weight excluding hydrogens is 271 g/mol. The van der Waals surface area contributed by atoms with Gasteiger partial charge in [-0.25, -0.2) is 4.39 Å². The van der Waals surface area contributed by atoms with Crippen molar-refractivity contribution in [1.29, 1.82) is 0 Å². The van der Waals surface area contributed by atoms with Gasteiger partial charge in [-0.3, -0.25) is 4.79 Å². The first-order valence-electron chi connectivity index (χ1n) is 6.43. The van der Waals surface area contributed by atoms with Crippen LogP contribution in [0.4, 0.5) is 10.1 Å². The number of carbonyl (C=O) groups is 1. The summed E-state index contributed by atoms with van der Waals surface area (Å²) in [6.45, 7) is 1.81. The van der Waals surface area contributed by atoms with Crippen LogP contribution in [0.25, 0.3) is 0 Å². The molecule has 0 bridgehead atoms. The van der Waals surface area contributed by atoms with Crippen LogP contribution in [0.1, 0.15) is 15.9 Å². The summed E-state index contributed by atoms with van der Waals surface area (Å²) < 4.78 is 18.9. The maximum Gasteiger partial charge on any atom is 0.253 e. The number of halogens is 1. The van der Waals surface area contributed by atoms with Crippen molar-refractivity contribution in [1.82, 2.24) is 4.90 Å². The second-order valence-electron chi connectivity index (χ2n) is 4.96. The van der Waals surface area contributed by atoms with E-state index in [1.807, 2.05) is 0 Å². The van der Waals surface area contributed by atoms with Crippen LogP contribution < -0.4 is 10.5 Å². The molecule has 4 nitrogen and oxygen atoms in total. The largest absolute Gasteiger partial charge is 0.455 e. The van der Waals surface area contributed by atoms with Crippen LogP contribution in [0.15, 0.2) is 36.4 Å². The number of rotatable bonds is 3. The quantitative estimate of drug-likeness (QED) is 0.882. The van der Waals surface area contributed by atoms with Gasteiger partial charge in [-0.1, -0.05) is 6.07 Å². The molecule has 0 atom stereocenters. The second-order valence-corrected chi connectivity index (χ2v) is 4.96. The normalized spacial score (nSPS) is 10.3. The summed E-state index contributed by atoms with van der Waals surface area (Å²) in [5.41, 5.74) is 7.48. The Hall–Kier alpha value is -2.56. The zero-order valence-corrected chi connectivity index (χ0v) is 12.2. The maximum atomic E-state index is 13.3. The number of amides is 1. The highest BCUT2D eigenvalue weighted by Crippen LogP contribution is 2.31. The van der Waals surface area contributed by atoms with Gasteiger partial charge in [0.05, 0.1) is 5.69 Å². The third-order valence-corrected chi connectivity index (χ3v) is 3.04. The molecule has 0 saturated heterocycles. The van der Waals surface area contributed by atoms with Gasteiger partial charge in [0.15, 0.2) is 5.75 Å². The fourth-order valence-electron chi connectivity index (χ4n) is 1.82. The molecule has 0 radical (unpaired) electrons. The Bertz CT molecular complexity index is 684. The van der Waals surface area contributed by atoms with E-state index in [9.17, 15) is 9.18 Å². The van der Waals surface area contributed by atoms with Crippen molar-refractivity contribution in [3.8, 4) is 11.5 Å². The van der Waals surface area contributed by atoms with Gasteiger partial charge < -0.3 is 15.4 Å². The highest BCUT2D eigenvalue weighted by molar-refractivity contribution is 5.94. The monoisotopic (exact) mass is 288 g/mol. The van der Waals surface area contributed by atoms with Crippen molar-refractivity contribution < 1.29 is 13.9 Å². The fourth-order valence-corrected chi connectivity index (χ4v) is 1.82. The lowest BCUT2D eigenvalue weighted by molar-refractivity contribution is 0.0827. The Morgan fingerprint density at radius 3 is 2.52 bits per heavy atom. The Morgan fingerprint density at radius 1 is 1.14 bits per heavy atom. The van der Waals surface area contributed by atoms with Crippen molar-refractivity contribution in [2.24, 2.45) is 0 Å². The van der Waals surface area contributed by atoms with Crippen LogP contribution in [-0.4, -0.2) is 24.9 Å². The lowest BCUT2D eigenvalue weighted by Gasteiger charge is -2.14. The molecule has 0 unspecified atom stereocenters. The zero-order chi connectivity index (χ0) is 15.6. The molecule has 0 saturated carbocycles. The minimum Gasteiger partial charge on any atom is -0.455 e. The van der Waals surface area contributed by atoms with Gasteiger partial charge in [0, 0.05) is 25.7 Å². The summed E-state index contributed by atoms with van der Waals surface area (Å²) in [5, 5.41) is 0. The van der Waals surface area contributed by atoms with E-state index in [-0.39, 0.29) is 5.91 Å². The summed E-state index contributed by atoms with van der Waals surface area (Å²) in [4.78, 5) is 13.4. The van der Waals surface area contributed by atoms with Gasteiger partial charge in [-0.2, -0.15) is 0 Å². The Morgan fingerprint density at radius 2 is 1.86 bits per heavy atom. The summed E-state index contributed by atoms with van der Waals surface area (Å²) in [6, 6.07) is 9.05. The first-order valence-corrected chi connectivity index (χ1v) is 6.43. The summed E-state index contributed by atoms with van der Waals surface area (Å²) in [6.07, 6.45) is 0. The standard InChI is InChI=1S/C16H17FN2O2/c1-10-4-6-12(17)9-14(10)21-15-8-11(5-7-13(15)18)16(20)19(2)3/h4-9H,18H2,1-3H3. The molecule has 0 heterocycles. The number of nitrogens with two attached hydrogens (primary N) is 1. The summed E-state index contributed by atoms with van der Waals surface area (Å²) in [5.74, 6) is 0.151. The van der Waals surface area contributed by atoms with Gasteiger partial charge >= 0.3 is 0 Å². The smallest absolute Gasteiger partial charge is 0.253 e. The van der Waals surface area contributed by atoms with Gasteiger partial charge in [0.25, 0.3) is 5.91 Å². The van der Waals surface area contributed by atoms with Crippen LogP contribution in [0, 0.1) is 12.7 Å². The van der Waals surface area contributed by atoms with Crippen LogP contribution in [0.3, 0.4) is 0 Å². The molecule has 21 heavy (non-hydrogen) atoms. The van der Waals surface area contributed by atoms with Gasteiger partial charge in [0.2, 0.25) is 0 Å². The third kappa shape index (κ3) is 3.31. The van der Waals surface area contributed by atoms with E-state index in [0.717, 1.165) is 5.56 Å². The second kappa shape index (κ2) is 5.83. The molecule has 2 N–H and O–H groups in total. The Labute approximate surface area is 122 Å². The van der Waals surface area contributed by atoms with Gasteiger partial charge in [-0.15, -0.1) is 0 Å². The summed E-state index contributed by atoms with van der Waals surface area (Å²) in [7, 11) is 3.33. The Balaban J connectivity index is 2.37. The predicted octanol–water partition coefficient (Wildman–Crippen LogP) is 3.21. The molecule has 1 amide bonds. The predicted molar refractivity (Wildman–Crippen MR) is 80.1 cm³/mol. The number of carbonyl (C=O) groups excluding carboxylic acids is 1. The van der Waals surface area contributed by atoms with Crippen molar-refractivity contribution in [2.75, 3.05) is 19.8 Å². The third-order valence-electron chi connectivity index (χ3n) is 3.04. The maximum absolute atomic E-state index is 13.3. The number of nitrogens with zero attached hydrogens (tertiary/aromatic N) is 1. The van der Waals surface area contributed by atoms with Crippen LogP contribution in [0.5, 0.6) is 11.5 Å². The molecule has 0 aliphatic rings. The topological polar surface area (TPSA) is 55.6 Å². The van der Waals surface area contributed by atoms with E-state index in [4.69, 9.17) is 10.5 Å². The first-order chi connectivity index (χ1) is 9.88. The average Bonchev–Trinajstić information content (AvgIpc) is 2.44. The molecule has 0 aliphatic heterocycles. The van der Waals surface area contributed by atoms with Gasteiger partial charge in [-0.05, 0) is 36.8 Å². The minimum absolute atomic E-state index is 0.157. The molecule has 5 heteroatoms. The molecule has 2 rings (SSSR count). The number of aryl methyl sites for hydroxylation is 1. The molecule has 0 aromatic heterocycles. The highest BCUT2D eigenvalue weighted by atomic mass is 19.1. The van der Waals surface area contributed by atoms with Crippen LogP contribution >= 0.6 is 0 Å². The van der Waals surface area contributed by atoms with Crippen molar-refractivity contribution >= 4 is 11.6 Å². The molecule has 0 spiro atoms. The summed E-state index contributed by atoms with van der Waals surface area (Å²) >= 11 is 0. The van der Waals surface area contributed by atoms with Crippen molar-refractivity contribution in [3.05, 3.63) is 53.3 Å². The molecule has 0 fully saturated rings. The van der Waals surface area contributed by atoms with Crippen molar-refractivity contribution in [3.63, 3.8) is 0 Å². The number of hydrogen-bond acceptors (Lipinski definition) is 3. The van der Waals surface area contributed by atoms with E-state index in [1.165, 1.54) is 17.0 Å². The SMILES string of the molecule is Cc1ccc(F)cc1Oc1cc(C(=O)N(C)C)ccc1N. The number of benzene rings is 2. The highest BCUT2D eigenvalue weighted by Gasteiger charge is 2.12. The Kier molecular flexibility index (Phi) is 4.12. The van der Waals surface area contributed by atoms with Crippen LogP contribution in [-0.2, 0) is 0 Å². The minimum atomic E-state index is -0.394. The number of nitrogen functional groups attached to an aromatic ring is 1. The molecule has 0 aliphatic carbocycles.